The molecule has 7 aromatic rings. The number of benzene rings is 6. The van der Waals surface area contributed by atoms with E-state index >= 15 is 0 Å². The number of rotatable bonds is 2. The fourth-order valence-corrected chi connectivity index (χ4v) is 17.1. The van der Waals surface area contributed by atoms with Crippen molar-refractivity contribution in [3.63, 3.8) is 0 Å². The van der Waals surface area contributed by atoms with Gasteiger partial charge in [-0.05, 0) is 170 Å². The lowest BCUT2D eigenvalue weighted by Crippen LogP contribution is -2.65. The van der Waals surface area contributed by atoms with Crippen LogP contribution in [0.15, 0.2) is 84.9 Å². The van der Waals surface area contributed by atoms with Gasteiger partial charge in [0.1, 0.15) is 0 Å². The minimum Gasteiger partial charge on any atom is -0.335 e. The number of aryl methyl sites for hydroxylation is 4. The van der Waals surface area contributed by atoms with Crippen LogP contribution in [0.2, 0.25) is 0 Å². The Morgan fingerprint density at radius 1 is 0.507 bits per heavy atom. The Morgan fingerprint density at radius 2 is 1.14 bits per heavy atom. The molecule has 4 unspecified atom stereocenters. The first-order chi connectivity index (χ1) is 32.6. The van der Waals surface area contributed by atoms with E-state index in [1.807, 2.05) is 11.3 Å². The minimum absolute atomic E-state index is 0.0148. The number of hydrogen-bond donors (Lipinski definition) is 0. The molecule has 2 aliphatic carbocycles. The zero-order valence-electron chi connectivity index (χ0n) is 44.1. The fraction of sp³-hybridized carbons (Fsp3) is 0.438. The molecule has 0 saturated heterocycles. The van der Waals surface area contributed by atoms with E-state index in [1.165, 1.54) is 156 Å². The molecule has 0 N–H and O–H groups in total. The maximum atomic E-state index is 2.99. The molecule has 5 heterocycles. The summed E-state index contributed by atoms with van der Waals surface area (Å²) in [5.74, 6) is 0. The van der Waals surface area contributed by atoms with Crippen molar-refractivity contribution in [1.29, 1.82) is 0 Å². The van der Waals surface area contributed by atoms with Gasteiger partial charge in [0.15, 0.2) is 0 Å². The van der Waals surface area contributed by atoms with E-state index in [0.717, 1.165) is 0 Å². The van der Waals surface area contributed by atoms with Crippen LogP contribution >= 0.6 is 11.3 Å². The first-order valence-corrected chi connectivity index (χ1v) is 27.4. The molecule has 6 aromatic carbocycles. The van der Waals surface area contributed by atoms with E-state index in [2.05, 4.69) is 197 Å². The Hall–Kier alpha value is -5.00. The van der Waals surface area contributed by atoms with Crippen molar-refractivity contribution >= 4 is 94.4 Å². The Labute approximate surface area is 417 Å². The summed E-state index contributed by atoms with van der Waals surface area (Å²) in [6.45, 7) is 34.6. The molecular weight excluding hydrogens is 854 g/mol. The van der Waals surface area contributed by atoms with Crippen LogP contribution < -0.4 is 31.1 Å². The molecule has 6 aliphatic rings. The molecule has 5 heteroatoms. The Kier molecular flexibility index (Phi) is 8.86. The molecular formula is C64H72BN3S. The second-order valence-electron chi connectivity index (χ2n) is 25.8. The topological polar surface area (TPSA) is 9.72 Å². The molecule has 69 heavy (non-hydrogen) atoms. The lowest BCUT2D eigenvalue weighted by atomic mass is 9.32. The van der Waals surface area contributed by atoms with Crippen molar-refractivity contribution in [3.8, 4) is 0 Å². The average molecular weight is 926 g/mol. The van der Waals surface area contributed by atoms with Gasteiger partial charge in [-0.15, -0.1) is 11.3 Å². The van der Waals surface area contributed by atoms with Crippen LogP contribution in [-0.4, -0.2) is 17.8 Å². The van der Waals surface area contributed by atoms with Gasteiger partial charge in [-0.3, -0.25) is 0 Å². The Balaban J connectivity index is 1.20. The normalized spacial score (nSPS) is 25.5. The van der Waals surface area contributed by atoms with Crippen molar-refractivity contribution in [3.05, 3.63) is 129 Å². The third kappa shape index (κ3) is 5.47. The molecule has 2 fully saturated rings. The van der Waals surface area contributed by atoms with Gasteiger partial charge in [0, 0.05) is 65.1 Å². The molecule has 2 saturated carbocycles. The van der Waals surface area contributed by atoms with Crippen molar-refractivity contribution in [2.24, 2.45) is 0 Å². The average Bonchev–Trinajstić information content (AvgIpc) is 3.83. The standard InChI is InChI=1S/C64H72BN3S/c1-37-29-38(2)55-58-54(37)62(12)26-18-20-28-64(62,14)68(58)51-34-43(67-48-24-23-41(59(5,6)7)32-46(48)61(11)25-17-19-27-63(61,67)13)33-50-56(51)65(55)47-36-53-45(44-21-15-16-22-52(44)69-53)35-49(47)66(50)57-39(3)30-42(31-40(57)4)60(8,9)10/h15-16,21-24,29-36H,17-20,25-28H2,1-14H3. The summed E-state index contributed by atoms with van der Waals surface area (Å²) in [7, 11) is 0. The zero-order chi connectivity index (χ0) is 48.3. The second kappa shape index (κ2) is 13.9. The maximum absolute atomic E-state index is 2.99. The highest BCUT2D eigenvalue weighted by Gasteiger charge is 2.63. The van der Waals surface area contributed by atoms with Gasteiger partial charge in [0.2, 0.25) is 0 Å². The van der Waals surface area contributed by atoms with E-state index in [0.29, 0.717) is 0 Å². The largest absolute Gasteiger partial charge is 0.335 e. The molecule has 352 valence electrons. The van der Waals surface area contributed by atoms with Crippen molar-refractivity contribution in [2.45, 2.75) is 181 Å². The Bertz CT molecular complexity index is 3390. The van der Waals surface area contributed by atoms with Gasteiger partial charge in [-0.25, -0.2) is 0 Å². The molecule has 1 aromatic heterocycles. The zero-order valence-corrected chi connectivity index (χ0v) is 44.9. The number of thiophene rings is 1. The SMILES string of the molecule is Cc1cc(C)c2c3c1B1c4cc5sc6ccccc6c5cc4N(c4c(C)cc(C(C)(C)C)cc4C)c4cc(N5c6ccc(C(C)(C)C)cc6C6(C)CCCCC56C)cc(c41)N3C1(C)CCCCC21C. The van der Waals surface area contributed by atoms with Gasteiger partial charge in [0.25, 0.3) is 6.71 Å². The van der Waals surface area contributed by atoms with E-state index in [4.69, 9.17) is 0 Å². The van der Waals surface area contributed by atoms with Crippen LogP contribution in [0.1, 0.15) is 165 Å². The Morgan fingerprint density at radius 3 is 1.84 bits per heavy atom. The van der Waals surface area contributed by atoms with E-state index in [1.54, 1.807) is 16.6 Å². The summed E-state index contributed by atoms with van der Waals surface area (Å²) < 4.78 is 2.75. The van der Waals surface area contributed by atoms with E-state index in [9.17, 15) is 0 Å². The highest BCUT2D eigenvalue weighted by Crippen LogP contribution is 2.66. The summed E-state index contributed by atoms with van der Waals surface area (Å²) in [6.07, 6.45) is 9.86. The lowest BCUT2D eigenvalue weighted by molar-refractivity contribution is 0.193. The molecule has 13 rings (SSSR count). The monoisotopic (exact) mass is 926 g/mol. The van der Waals surface area contributed by atoms with Crippen LogP contribution in [0.3, 0.4) is 0 Å². The molecule has 0 amide bonds. The molecule has 0 radical (unpaired) electrons. The molecule has 4 atom stereocenters. The fourth-order valence-electron chi connectivity index (χ4n) is 15.9. The first kappa shape index (κ1) is 44.0. The third-order valence-corrected chi connectivity index (χ3v) is 21.0. The predicted octanol–water partition coefficient (Wildman–Crippen LogP) is 16.0. The van der Waals surface area contributed by atoms with E-state index in [-0.39, 0.29) is 39.5 Å². The number of nitrogens with zero attached hydrogens (tertiary/aromatic N) is 3. The van der Waals surface area contributed by atoms with E-state index < -0.39 is 0 Å². The molecule has 4 aliphatic heterocycles. The first-order valence-electron chi connectivity index (χ1n) is 26.6. The van der Waals surface area contributed by atoms with Crippen LogP contribution in [0, 0.1) is 27.7 Å². The van der Waals surface area contributed by atoms with Crippen LogP contribution in [0.5, 0.6) is 0 Å². The summed E-state index contributed by atoms with van der Waals surface area (Å²) >= 11 is 1.97. The van der Waals surface area contributed by atoms with Crippen LogP contribution in [0.4, 0.5) is 39.8 Å². The van der Waals surface area contributed by atoms with Gasteiger partial charge in [-0.2, -0.15) is 0 Å². The number of hydrogen-bond acceptors (Lipinski definition) is 4. The number of fused-ring (bicyclic) bond motifs is 13. The smallest absolute Gasteiger partial charge is 0.252 e. The van der Waals surface area contributed by atoms with Gasteiger partial charge >= 0.3 is 0 Å². The summed E-state index contributed by atoms with van der Waals surface area (Å²) in [5, 5.41) is 2.72. The van der Waals surface area contributed by atoms with Gasteiger partial charge in [-0.1, -0.05) is 135 Å². The summed E-state index contributed by atoms with van der Waals surface area (Å²) in [4.78, 5) is 8.66. The van der Waals surface area contributed by atoms with Crippen molar-refractivity contribution in [2.75, 3.05) is 14.7 Å². The predicted molar refractivity (Wildman–Crippen MR) is 301 cm³/mol. The quantitative estimate of drug-likeness (QED) is 0.160. The van der Waals surface area contributed by atoms with Crippen LogP contribution in [-0.2, 0) is 21.7 Å². The highest BCUT2D eigenvalue weighted by atomic mass is 32.1. The van der Waals surface area contributed by atoms with Gasteiger partial charge in [0.05, 0.1) is 16.8 Å². The minimum atomic E-state index is -0.0943. The van der Waals surface area contributed by atoms with Gasteiger partial charge < -0.3 is 14.7 Å². The maximum Gasteiger partial charge on any atom is 0.252 e. The summed E-state index contributed by atoms with van der Waals surface area (Å²) in [5.41, 5.74) is 25.8. The molecule has 0 spiro atoms. The van der Waals surface area contributed by atoms with Crippen LogP contribution in [0.25, 0.3) is 20.2 Å². The molecule has 3 nitrogen and oxygen atoms in total. The highest BCUT2D eigenvalue weighted by molar-refractivity contribution is 7.26. The summed E-state index contributed by atoms with van der Waals surface area (Å²) in [6, 6.07) is 35.0. The van der Waals surface area contributed by atoms with Crippen molar-refractivity contribution in [1.82, 2.24) is 0 Å². The lowest BCUT2D eigenvalue weighted by Gasteiger charge is -2.54. The number of anilines is 7. The third-order valence-electron chi connectivity index (χ3n) is 19.9. The second-order valence-corrected chi connectivity index (χ2v) is 26.9. The van der Waals surface area contributed by atoms with Crippen molar-refractivity contribution < 1.29 is 0 Å². The molecule has 0 bridgehead atoms.